The Morgan fingerprint density at radius 3 is 3.00 bits per heavy atom. The van der Waals surface area contributed by atoms with Crippen LogP contribution in [-0.2, 0) is 4.74 Å². The van der Waals surface area contributed by atoms with E-state index >= 15 is 0 Å². The molecule has 2 rings (SSSR count). The van der Waals surface area contributed by atoms with E-state index < -0.39 is 4.92 Å². The standard InChI is InChI=1S/C13H15N3O3/c1-10-4-6-19-7-5-15(10)12-2-3-13(16(17)18)11(8-12)9-14/h2-3,8,10H,4-7H2,1H3. The highest BCUT2D eigenvalue weighted by Crippen LogP contribution is 2.26. The molecule has 0 saturated carbocycles. The lowest BCUT2D eigenvalue weighted by Gasteiger charge is -2.28. The van der Waals surface area contributed by atoms with Crippen LogP contribution in [0.3, 0.4) is 0 Å². The summed E-state index contributed by atoms with van der Waals surface area (Å²) in [6, 6.07) is 6.85. The second-order valence-corrected chi connectivity index (χ2v) is 4.51. The van der Waals surface area contributed by atoms with Crippen molar-refractivity contribution in [2.45, 2.75) is 19.4 Å². The molecule has 1 aromatic rings. The van der Waals surface area contributed by atoms with Crippen LogP contribution in [0, 0.1) is 21.4 Å². The highest BCUT2D eigenvalue weighted by atomic mass is 16.6. The highest BCUT2D eigenvalue weighted by molar-refractivity contribution is 5.60. The fourth-order valence-corrected chi connectivity index (χ4v) is 2.23. The average molecular weight is 261 g/mol. The number of nitro groups is 1. The first-order valence-electron chi connectivity index (χ1n) is 6.16. The Kier molecular flexibility index (Phi) is 3.97. The first kappa shape index (κ1) is 13.3. The van der Waals surface area contributed by atoms with Crippen molar-refractivity contribution in [2.24, 2.45) is 0 Å². The van der Waals surface area contributed by atoms with Gasteiger partial charge in [0.15, 0.2) is 0 Å². The van der Waals surface area contributed by atoms with E-state index in [4.69, 9.17) is 10.00 Å². The van der Waals surface area contributed by atoms with Gasteiger partial charge in [-0.05, 0) is 25.5 Å². The van der Waals surface area contributed by atoms with Crippen LogP contribution in [0.15, 0.2) is 18.2 Å². The molecule has 1 atom stereocenters. The molecule has 0 bridgehead atoms. The van der Waals surface area contributed by atoms with Crippen molar-refractivity contribution in [3.05, 3.63) is 33.9 Å². The van der Waals surface area contributed by atoms with E-state index in [-0.39, 0.29) is 17.3 Å². The Labute approximate surface area is 111 Å². The minimum absolute atomic E-state index is 0.0971. The summed E-state index contributed by atoms with van der Waals surface area (Å²) in [6.45, 7) is 4.16. The summed E-state index contributed by atoms with van der Waals surface area (Å²) in [7, 11) is 0. The third kappa shape index (κ3) is 2.83. The van der Waals surface area contributed by atoms with Crippen molar-refractivity contribution in [1.29, 1.82) is 5.26 Å². The van der Waals surface area contributed by atoms with Gasteiger partial charge < -0.3 is 9.64 Å². The lowest BCUT2D eigenvalue weighted by Crippen LogP contribution is -2.33. The zero-order chi connectivity index (χ0) is 13.8. The van der Waals surface area contributed by atoms with E-state index in [0.29, 0.717) is 6.61 Å². The highest BCUT2D eigenvalue weighted by Gasteiger charge is 2.21. The van der Waals surface area contributed by atoms with Gasteiger partial charge in [0.25, 0.3) is 5.69 Å². The number of benzene rings is 1. The summed E-state index contributed by atoms with van der Waals surface area (Å²) in [4.78, 5) is 12.4. The van der Waals surface area contributed by atoms with Gasteiger partial charge in [0.05, 0.1) is 11.5 Å². The summed E-state index contributed by atoms with van der Waals surface area (Å²) in [5.74, 6) is 0. The van der Waals surface area contributed by atoms with Gasteiger partial charge in [-0.25, -0.2) is 0 Å². The third-order valence-electron chi connectivity index (χ3n) is 3.32. The maximum atomic E-state index is 10.8. The predicted octanol–water partition coefficient (Wildman–Crippen LogP) is 2.08. The summed E-state index contributed by atoms with van der Waals surface area (Å²) in [5, 5.41) is 19.8. The summed E-state index contributed by atoms with van der Waals surface area (Å²) >= 11 is 0. The fraction of sp³-hybridized carbons (Fsp3) is 0.462. The van der Waals surface area contributed by atoms with Crippen molar-refractivity contribution in [3.63, 3.8) is 0 Å². The number of ether oxygens (including phenoxy) is 1. The quantitative estimate of drug-likeness (QED) is 0.601. The number of hydrogen-bond donors (Lipinski definition) is 0. The van der Waals surface area contributed by atoms with Crippen molar-refractivity contribution >= 4 is 11.4 Å². The Bertz CT molecular complexity index is 524. The minimum atomic E-state index is -0.530. The molecule has 0 spiro atoms. The molecule has 0 N–H and O–H groups in total. The van der Waals surface area contributed by atoms with Crippen LogP contribution in [0.25, 0.3) is 0 Å². The number of nitrogens with zero attached hydrogens (tertiary/aromatic N) is 3. The van der Waals surface area contributed by atoms with Gasteiger partial charge in [-0.2, -0.15) is 5.26 Å². The molecule has 1 aromatic carbocycles. The van der Waals surface area contributed by atoms with Gasteiger partial charge in [-0.15, -0.1) is 0 Å². The van der Waals surface area contributed by atoms with Gasteiger partial charge in [0.2, 0.25) is 0 Å². The van der Waals surface area contributed by atoms with Gasteiger partial charge in [-0.3, -0.25) is 10.1 Å². The van der Waals surface area contributed by atoms with Crippen LogP contribution in [0.1, 0.15) is 18.9 Å². The largest absolute Gasteiger partial charge is 0.380 e. The molecule has 0 aliphatic carbocycles. The van der Waals surface area contributed by atoms with Crippen molar-refractivity contribution in [2.75, 3.05) is 24.7 Å². The van der Waals surface area contributed by atoms with Crippen LogP contribution >= 0.6 is 0 Å². The van der Waals surface area contributed by atoms with Crippen LogP contribution in [0.5, 0.6) is 0 Å². The maximum absolute atomic E-state index is 10.8. The monoisotopic (exact) mass is 261 g/mol. The maximum Gasteiger partial charge on any atom is 0.287 e. The minimum Gasteiger partial charge on any atom is -0.380 e. The molecule has 1 heterocycles. The Hall–Kier alpha value is -2.13. The fourth-order valence-electron chi connectivity index (χ4n) is 2.23. The molecule has 6 heteroatoms. The zero-order valence-electron chi connectivity index (χ0n) is 10.7. The topological polar surface area (TPSA) is 79.4 Å². The van der Waals surface area contributed by atoms with E-state index in [1.807, 2.05) is 6.07 Å². The average Bonchev–Trinajstić information content (AvgIpc) is 2.62. The van der Waals surface area contributed by atoms with E-state index in [9.17, 15) is 10.1 Å². The molecular formula is C13H15N3O3. The van der Waals surface area contributed by atoms with Crippen LogP contribution in [-0.4, -0.2) is 30.7 Å². The number of anilines is 1. The van der Waals surface area contributed by atoms with Crippen molar-refractivity contribution in [1.82, 2.24) is 0 Å². The summed E-state index contributed by atoms with van der Waals surface area (Å²) in [6.07, 6.45) is 0.902. The first-order chi connectivity index (χ1) is 9.13. The molecule has 1 aliphatic rings. The number of hydrogen-bond acceptors (Lipinski definition) is 5. The molecule has 1 saturated heterocycles. The Balaban J connectivity index is 2.35. The molecule has 6 nitrogen and oxygen atoms in total. The van der Waals surface area contributed by atoms with E-state index in [2.05, 4.69) is 11.8 Å². The van der Waals surface area contributed by atoms with E-state index in [1.54, 1.807) is 12.1 Å². The van der Waals surface area contributed by atoms with Crippen LogP contribution < -0.4 is 4.90 Å². The Morgan fingerprint density at radius 2 is 2.32 bits per heavy atom. The van der Waals surface area contributed by atoms with E-state index in [1.165, 1.54) is 6.07 Å². The Morgan fingerprint density at radius 1 is 1.53 bits per heavy atom. The molecule has 0 aromatic heterocycles. The molecular weight excluding hydrogens is 246 g/mol. The van der Waals surface area contributed by atoms with Gasteiger partial charge in [0.1, 0.15) is 11.6 Å². The molecule has 1 unspecified atom stereocenters. The molecule has 0 radical (unpaired) electrons. The first-order valence-corrected chi connectivity index (χ1v) is 6.16. The molecule has 1 aliphatic heterocycles. The zero-order valence-corrected chi connectivity index (χ0v) is 10.7. The van der Waals surface area contributed by atoms with Gasteiger partial charge >= 0.3 is 0 Å². The van der Waals surface area contributed by atoms with Crippen LogP contribution in [0.4, 0.5) is 11.4 Å². The summed E-state index contributed by atoms with van der Waals surface area (Å²) in [5.41, 5.74) is 0.782. The molecule has 0 amide bonds. The predicted molar refractivity (Wildman–Crippen MR) is 70.1 cm³/mol. The number of rotatable bonds is 2. The molecule has 100 valence electrons. The normalized spacial score (nSPS) is 19.6. The van der Waals surface area contributed by atoms with Gasteiger partial charge in [0, 0.05) is 30.9 Å². The SMILES string of the molecule is CC1CCOCCN1c1ccc([N+](=O)[O-])c(C#N)c1. The molecule has 19 heavy (non-hydrogen) atoms. The second kappa shape index (κ2) is 5.67. The lowest BCUT2D eigenvalue weighted by atomic mass is 10.1. The van der Waals surface area contributed by atoms with E-state index in [0.717, 1.165) is 25.3 Å². The molecule has 1 fully saturated rings. The number of nitro benzene ring substituents is 1. The van der Waals surface area contributed by atoms with Gasteiger partial charge in [-0.1, -0.05) is 0 Å². The van der Waals surface area contributed by atoms with Crippen LogP contribution in [0.2, 0.25) is 0 Å². The lowest BCUT2D eigenvalue weighted by molar-refractivity contribution is -0.385. The summed E-state index contributed by atoms with van der Waals surface area (Å²) < 4.78 is 5.42. The third-order valence-corrected chi connectivity index (χ3v) is 3.32. The number of nitriles is 1. The van der Waals surface area contributed by atoms with Crippen molar-refractivity contribution < 1.29 is 9.66 Å². The second-order valence-electron chi connectivity index (χ2n) is 4.51. The van der Waals surface area contributed by atoms with Crippen molar-refractivity contribution in [3.8, 4) is 6.07 Å². The smallest absolute Gasteiger partial charge is 0.287 e.